The number of thiophene rings is 1. The van der Waals surface area contributed by atoms with Crippen molar-refractivity contribution >= 4 is 17.6 Å². The topological polar surface area (TPSA) is 66.1 Å². The van der Waals surface area contributed by atoms with Gasteiger partial charge in [0, 0.05) is 5.56 Å². The number of hydrogen-bond acceptors (Lipinski definition) is 7. The second kappa shape index (κ2) is 8.53. The number of hydrogen-bond donors (Lipinski definition) is 0. The quantitative estimate of drug-likeness (QED) is 0.425. The molecule has 0 fully saturated rings. The van der Waals surface area contributed by atoms with Gasteiger partial charge in [0.05, 0.1) is 24.8 Å². The minimum absolute atomic E-state index is 0.241. The van der Waals surface area contributed by atoms with Crippen LogP contribution in [-0.4, -0.2) is 24.9 Å². The molecule has 3 aromatic rings. The number of aryl methyl sites for hydroxylation is 1. The van der Waals surface area contributed by atoms with Crippen molar-refractivity contribution in [1.82, 2.24) is 4.98 Å². The zero-order chi connectivity index (χ0) is 18.4. The van der Waals surface area contributed by atoms with Crippen molar-refractivity contribution in [3.8, 4) is 22.3 Å². The van der Waals surface area contributed by atoms with Gasteiger partial charge in [0.15, 0.2) is 18.1 Å². The molecular weight excluding hydrogens is 352 g/mol. The molecule has 26 heavy (non-hydrogen) atoms. The fraction of sp³-hybridized carbons (Fsp3) is 0.263. The maximum absolute atomic E-state index is 5.68. The number of aromatic nitrogens is 1. The third kappa shape index (κ3) is 4.23. The molecule has 0 radical (unpaired) electrons. The molecule has 0 saturated heterocycles. The van der Waals surface area contributed by atoms with Crippen LogP contribution < -0.4 is 9.47 Å². The Morgan fingerprint density at radius 2 is 2.15 bits per heavy atom. The maximum atomic E-state index is 5.68. The Bertz CT molecular complexity index is 872. The lowest BCUT2D eigenvalue weighted by Crippen LogP contribution is -1.96. The number of ether oxygens (including phenoxy) is 2. The van der Waals surface area contributed by atoms with Gasteiger partial charge in [0.2, 0.25) is 5.89 Å². The molecule has 136 valence electrons. The first kappa shape index (κ1) is 18.0. The van der Waals surface area contributed by atoms with Gasteiger partial charge in [-0.3, -0.25) is 0 Å². The molecular formula is C19H20N2O4S. The minimum Gasteiger partial charge on any atom is -0.493 e. The summed E-state index contributed by atoms with van der Waals surface area (Å²) in [4.78, 5) is 10.8. The molecule has 0 aliphatic heterocycles. The Balaban J connectivity index is 1.61. The third-order valence-corrected chi connectivity index (χ3v) is 4.45. The van der Waals surface area contributed by atoms with E-state index in [1.54, 1.807) is 24.7 Å². The predicted octanol–water partition coefficient (Wildman–Crippen LogP) is 4.67. The molecule has 0 aliphatic carbocycles. The summed E-state index contributed by atoms with van der Waals surface area (Å²) in [7, 11) is 1.60. The van der Waals surface area contributed by atoms with Crippen molar-refractivity contribution in [2.75, 3.05) is 13.7 Å². The van der Waals surface area contributed by atoms with Crippen molar-refractivity contribution in [2.45, 2.75) is 20.5 Å². The number of rotatable bonds is 8. The highest BCUT2D eigenvalue weighted by Gasteiger charge is 2.12. The summed E-state index contributed by atoms with van der Waals surface area (Å²) in [6.45, 7) is 4.62. The van der Waals surface area contributed by atoms with Crippen LogP contribution in [0.25, 0.3) is 10.8 Å². The van der Waals surface area contributed by atoms with Crippen LogP contribution in [0.4, 0.5) is 0 Å². The standard InChI is InChI=1S/C19H20N2O4S/c1-4-23-16-8-7-14(10-17(16)22-3)11-20-24-12-15-13(2)25-19(21-15)18-6-5-9-26-18/h5-11H,4,12H2,1-3H3/b20-11+. The SMILES string of the molecule is CCOc1ccc(/C=N/OCc2nc(-c3cccs3)oc2C)cc1OC. The largest absolute Gasteiger partial charge is 0.493 e. The Labute approximate surface area is 156 Å². The van der Waals surface area contributed by atoms with E-state index >= 15 is 0 Å². The van der Waals surface area contributed by atoms with Crippen molar-refractivity contribution in [2.24, 2.45) is 5.16 Å². The highest BCUT2D eigenvalue weighted by Crippen LogP contribution is 2.28. The van der Waals surface area contributed by atoms with Gasteiger partial charge < -0.3 is 18.7 Å². The van der Waals surface area contributed by atoms with Gasteiger partial charge in [-0.05, 0) is 43.5 Å². The minimum atomic E-state index is 0.241. The van der Waals surface area contributed by atoms with Gasteiger partial charge in [0.25, 0.3) is 0 Å². The lowest BCUT2D eigenvalue weighted by Gasteiger charge is -2.09. The molecule has 2 heterocycles. The lowest BCUT2D eigenvalue weighted by molar-refractivity contribution is 0.128. The summed E-state index contributed by atoms with van der Waals surface area (Å²) in [5, 5.41) is 5.99. The average Bonchev–Trinajstić information content (AvgIpc) is 3.30. The zero-order valence-corrected chi connectivity index (χ0v) is 15.7. The van der Waals surface area contributed by atoms with E-state index in [4.69, 9.17) is 18.7 Å². The second-order valence-electron chi connectivity index (χ2n) is 5.35. The smallest absolute Gasteiger partial charge is 0.236 e. The van der Waals surface area contributed by atoms with Gasteiger partial charge >= 0.3 is 0 Å². The molecule has 0 spiro atoms. The summed E-state index contributed by atoms with van der Waals surface area (Å²) < 4.78 is 16.5. The Morgan fingerprint density at radius 1 is 1.27 bits per heavy atom. The number of oxime groups is 1. The van der Waals surface area contributed by atoms with E-state index in [9.17, 15) is 0 Å². The fourth-order valence-corrected chi connectivity index (χ4v) is 2.95. The maximum Gasteiger partial charge on any atom is 0.236 e. The van der Waals surface area contributed by atoms with E-state index in [-0.39, 0.29) is 6.61 Å². The van der Waals surface area contributed by atoms with Crippen LogP contribution in [0.1, 0.15) is 23.9 Å². The van der Waals surface area contributed by atoms with Crippen LogP contribution in [0, 0.1) is 6.92 Å². The van der Waals surface area contributed by atoms with Gasteiger partial charge in [-0.1, -0.05) is 11.2 Å². The van der Waals surface area contributed by atoms with E-state index < -0.39 is 0 Å². The van der Waals surface area contributed by atoms with Crippen molar-refractivity contribution in [3.63, 3.8) is 0 Å². The monoisotopic (exact) mass is 372 g/mol. The van der Waals surface area contributed by atoms with Crippen LogP contribution in [0.15, 0.2) is 45.3 Å². The van der Waals surface area contributed by atoms with Crippen LogP contribution in [-0.2, 0) is 11.4 Å². The van der Waals surface area contributed by atoms with E-state index in [1.807, 2.05) is 49.6 Å². The van der Waals surface area contributed by atoms with Crippen LogP contribution >= 0.6 is 11.3 Å². The van der Waals surface area contributed by atoms with Gasteiger partial charge in [-0.2, -0.15) is 0 Å². The predicted molar refractivity (Wildman–Crippen MR) is 101 cm³/mol. The Morgan fingerprint density at radius 3 is 2.88 bits per heavy atom. The molecule has 0 aliphatic rings. The molecule has 1 aromatic carbocycles. The summed E-state index contributed by atoms with van der Waals surface area (Å²) in [6.07, 6.45) is 1.62. The molecule has 0 unspecified atom stereocenters. The average molecular weight is 372 g/mol. The highest BCUT2D eigenvalue weighted by molar-refractivity contribution is 7.13. The van der Waals surface area contributed by atoms with E-state index in [1.165, 1.54) is 0 Å². The molecule has 0 N–H and O–H groups in total. The molecule has 6 nitrogen and oxygen atoms in total. The molecule has 0 bridgehead atoms. The third-order valence-electron chi connectivity index (χ3n) is 3.59. The molecule has 2 aromatic heterocycles. The molecule has 3 rings (SSSR count). The summed E-state index contributed by atoms with van der Waals surface area (Å²) in [5.41, 5.74) is 1.58. The molecule has 0 atom stereocenters. The highest BCUT2D eigenvalue weighted by atomic mass is 32.1. The summed E-state index contributed by atoms with van der Waals surface area (Å²) >= 11 is 1.58. The first-order valence-electron chi connectivity index (χ1n) is 8.17. The fourth-order valence-electron chi connectivity index (χ4n) is 2.30. The molecule has 0 amide bonds. The van der Waals surface area contributed by atoms with Crippen LogP contribution in [0.5, 0.6) is 11.5 Å². The number of methoxy groups -OCH3 is 1. The van der Waals surface area contributed by atoms with Crippen molar-refractivity contribution in [1.29, 1.82) is 0 Å². The zero-order valence-electron chi connectivity index (χ0n) is 14.9. The van der Waals surface area contributed by atoms with Gasteiger partial charge in [-0.25, -0.2) is 4.98 Å². The Kier molecular flexibility index (Phi) is 5.91. The lowest BCUT2D eigenvalue weighted by atomic mass is 10.2. The van der Waals surface area contributed by atoms with E-state index in [0.29, 0.717) is 24.0 Å². The van der Waals surface area contributed by atoms with Gasteiger partial charge in [-0.15, -0.1) is 11.3 Å². The van der Waals surface area contributed by atoms with Crippen LogP contribution in [0.2, 0.25) is 0 Å². The second-order valence-corrected chi connectivity index (χ2v) is 6.30. The first-order valence-corrected chi connectivity index (χ1v) is 9.05. The number of oxazole rings is 1. The molecule has 7 heteroatoms. The first-order chi connectivity index (χ1) is 12.7. The van der Waals surface area contributed by atoms with Gasteiger partial charge in [0.1, 0.15) is 11.5 Å². The number of benzene rings is 1. The van der Waals surface area contributed by atoms with E-state index in [2.05, 4.69) is 10.1 Å². The molecule has 0 saturated carbocycles. The Hall–Kier alpha value is -2.80. The number of nitrogens with zero attached hydrogens (tertiary/aromatic N) is 2. The van der Waals surface area contributed by atoms with Crippen molar-refractivity contribution < 1.29 is 18.7 Å². The normalized spacial score (nSPS) is 11.0. The van der Waals surface area contributed by atoms with Crippen molar-refractivity contribution in [3.05, 3.63) is 52.7 Å². The van der Waals surface area contributed by atoms with E-state index in [0.717, 1.165) is 21.9 Å². The summed E-state index contributed by atoms with van der Waals surface area (Å²) in [6, 6.07) is 9.51. The summed E-state index contributed by atoms with van der Waals surface area (Å²) in [5.74, 6) is 2.69. The van der Waals surface area contributed by atoms with Crippen LogP contribution in [0.3, 0.4) is 0 Å².